The monoisotopic (exact) mass is 502 g/mol. The third-order valence-corrected chi connectivity index (χ3v) is 4.63. The van der Waals surface area contributed by atoms with Crippen molar-refractivity contribution in [2.24, 2.45) is 0 Å². The molecule has 0 aliphatic carbocycles. The van der Waals surface area contributed by atoms with Gasteiger partial charge in [0, 0.05) is 22.3 Å². The fourth-order valence-electron chi connectivity index (χ4n) is 2.72. The smallest absolute Gasteiger partial charge is 0.344 e. The van der Waals surface area contributed by atoms with Crippen LogP contribution >= 0.6 is 15.9 Å². The summed E-state index contributed by atoms with van der Waals surface area (Å²) in [6, 6.07) is 4.77. The van der Waals surface area contributed by atoms with E-state index in [-0.39, 0.29) is 11.4 Å². The molecule has 1 atom stereocenters. The molecule has 0 aliphatic heterocycles. The minimum absolute atomic E-state index is 0.328. The number of carbonyl (C=O) groups is 1. The van der Waals surface area contributed by atoms with Crippen LogP contribution in [-0.2, 0) is 6.18 Å². The maximum Gasteiger partial charge on any atom is 0.419 e. The molecule has 1 N–H and O–H groups in total. The van der Waals surface area contributed by atoms with E-state index >= 15 is 0 Å². The molecule has 31 heavy (non-hydrogen) atoms. The molecule has 0 spiro atoms. The van der Waals surface area contributed by atoms with E-state index < -0.39 is 46.6 Å². The fraction of sp³-hybridized carbons (Fsp3) is 0.158. The largest absolute Gasteiger partial charge is 0.419 e. The molecular formula is C19H12BrF5N4O2. The van der Waals surface area contributed by atoms with Gasteiger partial charge in [-0.1, -0.05) is 12.1 Å². The number of benzene rings is 1. The molecular weight excluding hydrogens is 491 g/mol. The molecule has 0 aliphatic rings. The predicted octanol–water partition coefficient (Wildman–Crippen LogP) is 4.18. The summed E-state index contributed by atoms with van der Waals surface area (Å²) in [4.78, 5) is 28.0. The normalized spacial score (nSPS) is 12.5. The molecule has 2 heterocycles. The van der Waals surface area contributed by atoms with Gasteiger partial charge in [-0.2, -0.15) is 27.3 Å². The van der Waals surface area contributed by atoms with E-state index in [1.807, 2.05) is 0 Å². The number of aromatic nitrogens is 3. The van der Waals surface area contributed by atoms with Crippen molar-refractivity contribution in [2.45, 2.75) is 19.1 Å². The van der Waals surface area contributed by atoms with E-state index in [9.17, 15) is 31.5 Å². The zero-order valence-electron chi connectivity index (χ0n) is 15.5. The lowest BCUT2D eigenvalue weighted by Gasteiger charge is -2.17. The zero-order chi connectivity index (χ0) is 22.9. The summed E-state index contributed by atoms with van der Waals surface area (Å²) in [5.41, 5.74) is -3.29. The summed E-state index contributed by atoms with van der Waals surface area (Å²) >= 11 is 3.08. The Morgan fingerprint density at radius 2 is 1.90 bits per heavy atom. The lowest BCUT2D eigenvalue weighted by molar-refractivity contribution is -0.140. The van der Waals surface area contributed by atoms with Crippen LogP contribution in [0.1, 0.15) is 34.6 Å². The third-order valence-electron chi connectivity index (χ3n) is 4.20. The molecule has 0 saturated heterocycles. The van der Waals surface area contributed by atoms with Gasteiger partial charge in [-0.15, -0.1) is 0 Å². The number of nitrogens with one attached hydrogen (secondary N) is 1. The summed E-state index contributed by atoms with van der Waals surface area (Å²) in [5.74, 6) is -3.45. The SMILES string of the molecule is C[C@@H](NC(=O)c1ccc(=O)n(-c2cc(Br)cnc2F)n1)c1cccc(C(F)(F)F)c1F. The van der Waals surface area contributed by atoms with Crippen LogP contribution in [0, 0.1) is 11.8 Å². The van der Waals surface area contributed by atoms with Crippen molar-refractivity contribution in [2.75, 3.05) is 0 Å². The molecule has 0 bridgehead atoms. The second-order valence-corrected chi connectivity index (χ2v) is 7.25. The van der Waals surface area contributed by atoms with E-state index in [2.05, 4.69) is 31.3 Å². The maximum atomic E-state index is 14.3. The van der Waals surface area contributed by atoms with Crippen LogP contribution < -0.4 is 10.9 Å². The Kier molecular flexibility index (Phi) is 6.20. The topological polar surface area (TPSA) is 76.9 Å². The van der Waals surface area contributed by atoms with E-state index in [1.54, 1.807) is 0 Å². The Hall–Kier alpha value is -3.15. The van der Waals surface area contributed by atoms with E-state index in [0.717, 1.165) is 30.5 Å². The van der Waals surface area contributed by atoms with Crippen molar-refractivity contribution < 1.29 is 26.7 Å². The van der Waals surface area contributed by atoms with Gasteiger partial charge in [0.1, 0.15) is 17.2 Å². The molecule has 3 rings (SSSR count). The number of hydrogen-bond donors (Lipinski definition) is 1. The highest BCUT2D eigenvalue weighted by Gasteiger charge is 2.35. The summed E-state index contributed by atoms with van der Waals surface area (Å²) in [5, 5.41) is 6.10. The fourth-order valence-corrected chi connectivity index (χ4v) is 3.04. The van der Waals surface area contributed by atoms with E-state index in [4.69, 9.17) is 0 Å². The molecule has 0 radical (unpaired) electrons. The van der Waals surface area contributed by atoms with Crippen molar-refractivity contribution in [3.05, 3.63) is 86.0 Å². The van der Waals surface area contributed by atoms with Crippen LogP contribution in [0.15, 0.2) is 51.9 Å². The van der Waals surface area contributed by atoms with Crippen LogP contribution in [0.25, 0.3) is 5.69 Å². The van der Waals surface area contributed by atoms with Crippen molar-refractivity contribution in [3.8, 4) is 5.69 Å². The summed E-state index contributed by atoms with van der Waals surface area (Å²) < 4.78 is 68.0. The molecule has 12 heteroatoms. The summed E-state index contributed by atoms with van der Waals surface area (Å²) in [6.07, 6.45) is -3.74. The Labute approximate surface area is 179 Å². The molecule has 162 valence electrons. The van der Waals surface area contributed by atoms with Gasteiger partial charge in [-0.05, 0) is 41.1 Å². The van der Waals surface area contributed by atoms with Crippen LogP contribution in [0.4, 0.5) is 22.0 Å². The van der Waals surface area contributed by atoms with Crippen LogP contribution in [0.2, 0.25) is 0 Å². The number of nitrogens with zero attached hydrogens (tertiary/aromatic N) is 3. The van der Waals surface area contributed by atoms with Crippen molar-refractivity contribution in [3.63, 3.8) is 0 Å². The highest BCUT2D eigenvalue weighted by molar-refractivity contribution is 9.10. The summed E-state index contributed by atoms with van der Waals surface area (Å²) in [6.45, 7) is 1.28. The number of alkyl halides is 3. The van der Waals surface area contributed by atoms with Gasteiger partial charge in [0.25, 0.3) is 11.5 Å². The van der Waals surface area contributed by atoms with E-state index in [1.165, 1.54) is 13.0 Å². The van der Waals surface area contributed by atoms with Gasteiger partial charge >= 0.3 is 6.18 Å². The van der Waals surface area contributed by atoms with Crippen molar-refractivity contribution >= 4 is 21.8 Å². The highest BCUT2D eigenvalue weighted by Crippen LogP contribution is 2.33. The van der Waals surface area contributed by atoms with Crippen molar-refractivity contribution in [1.29, 1.82) is 0 Å². The first-order chi connectivity index (χ1) is 14.5. The molecule has 2 aromatic heterocycles. The maximum absolute atomic E-state index is 14.3. The first-order valence-corrected chi connectivity index (χ1v) is 9.36. The second kappa shape index (κ2) is 8.53. The quantitative estimate of drug-likeness (QED) is 0.429. The minimum atomic E-state index is -4.90. The zero-order valence-corrected chi connectivity index (χ0v) is 17.1. The van der Waals surface area contributed by atoms with Gasteiger partial charge in [0.15, 0.2) is 0 Å². The van der Waals surface area contributed by atoms with Crippen LogP contribution in [0.3, 0.4) is 0 Å². The number of rotatable bonds is 4. The molecule has 0 fully saturated rings. The van der Waals surface area contributed by atoms with Crippen LogP contribution in [-0.4, -0.2) is 20.7 Å². The van der Waals surface area contributed by atoms with Crippen LogP contribution in [0.5, 0.6) is 0 Å². The second-order valence-electron chi connectivity index (χ2n) is 6.33. The van der Waals surface area contributed by atoms with Gasteiger partial charge in [-0.25, -0.2) is 9.37 Å². The molecule has 1 aromatic carbocycles. The molecule has 0 saturated carbocycles. The number of pyridine rings is 1. The van der Waals surface area contributed by atoms with Gasteiger partial charge < -0.3 is 5.32 Å². The Balaban J connectivity index is 1.91. The molecule has 0 unspecified atom stereocenters. The number of halogens is 6. The molecule has 3 aromatic rings. The highest BCUT2D eigenvalue weighted by atomic mass is 79.9. The first-order valence-electron chi connectivity index (χ1n) is 8.57. The van der Waals surface area contributed by atoms with E-state index in [0.29, 0.717) is 15.2 Å². The lowest BCUT2D eigenvalue weighted by Crippen LogP contribution is -2.31. The first kappa shape index (κ1) is 22.5. The predicted molar refractivity (Wildman–Crippen MR) is 103 cm³/mol. The summed E-state index contributed by atoms with van der Waals surface area (Å²) in [7, 11) is 0. The number of carbonyl (C=O) groups excluding carboxylic acids is 1. The molecule has 1 amide bonds. The average Bonchev–Trinajstić information content (AvgIpc) is 2.69. The Morgan fingerprint density at radius 3 is 2.58 bits per heavy atom. The lowest BCUT2D eigenvalue weighted by atomic mass is 10.0. The van der Waals surface area contributed by atoms with Gasteiger partial charge in [0.05, 0.1) is 11.6 Å². The standard InChI is InChI=1S/C19H12BrF5N4O2/c1-9(11-3-2-4-12(16(11)21)19(23,24)25)27-18(31)13-5-6-15(30)29(28-13)14-7-10(20)8-26-17(14)22/h2-9H,1H3,(H,27,31)/t9-/m1/s1. The van der Waals surface area contributed by atoms with Crippen molar-refractivity contribution in [1.82, 2.24) is 20.1 Å². The third kappa shape index (κ3) is 4.79. The van der Waals surface area contributed by atoms with Gasteiger partial charge in [0.2, 0.25) is 5.95 Å². The number of hydrogen-bond acceptors (Lipinski definition) is 4. The number of amides is 1. The Morgan fingerprint density at radius 1 is 1.19 bits per heavy atom. The van der Waals surface area contributed by atoms with Gasteiger partial charge in [-0.3, -0.25) is 9.59 Å². The Bertz CT molecular complexity index is 1210. The molecule has 6 nitrogen and oxygen atoms in total. The minimum Gasteiger partial charge on any atom is -0.344 e. The average molecular weight is 503 g/mol.